The molecule has 0 aliphatic rings. The van der Waals surface area contributed by atoms with Gasteiger partial charge in [0.15, 0.2) is 0 Å². The minimum Gasteiger partial charge on any atom is -0.508 e. The van der Waals surface area contributed by atoms with E-state index in [1.807, 2.05) is 13.2 Å². The van der Waals surface area contributed by atoms with E-state index in [2.05, 4.69) is 28.6 Å². The van der Waals surface area contributed by atoms with Crippen LogP contribution in [0.3, 0.4) is 0 Å². The number of nitrogens with one attached hydrogen (secondary N) is 3. The van der Waals surface area contributed by atoms with Crippen LogP contribution in [0.5, 0.6) is 5.75 Å². The average Bonchev–Trinajstić information content (AvgIpc) is 2.84. The summed E-state index contributed by atoms with van der Waals surface area (Å²) in [5.74, 6) is -2.59. The second kappa shape index (κ2) is 15.5. The van der Waals surface area contributed by atoms with E-state index >= 15 is 0 Å². The molecule has 0 saturated heterocycles. The van der Waals surface area contributed by atoms with Crippen molar-refractivity contribution in [2.45, 2.75) is 57.3 Å². The third kappa shape index (κ3) is 10.4. The fraction of sp³-hybridized carbons (Fsp3) is 0.565. The van der Waals surface area contributed by atoms with Crippen LogP contribution < -0.4 is 21.7 Å². The maximum absolute atomic E-state index is 13.2. The zero-order valence-corrected chi connectivity index (χ0v) is 21.9. The Morgan fingerprint density at radius 1 is 1.03 bits per heavy atom. The number of phenols is 1. The lowest BCUT2D eigenvalue weighted by molar-refractivity contribution is -0.143. The topological polar surface area (TPSA) is 171 Å². The summed E-state index contributed by atoms with van der Waals surface area (Å²) in [6.45, 7) is 3.55. The molecule has 196 valence electrons. The number of phenolic OH excluding ortho intramolecular Hbond substituents is 1. The minimum atomic E-state index is -1.15. The summed E-state index contributed by atoms with van der Waals surface area (Å²) in [6.07, 6.45) is 2.74. The molecule has 0 bridgehead atoms. The molecule has 0 heterocycles. The van der Waals surface area contributed by atoms with Gasteiger partial charge in [0.05, 0.1) is 6.04 Å². The van der Waals surface area contributed by atoms with Crippen molar-refractivity contribution < 1.29 is 29.4 Å². The van der Waals surface area contributed by atoms with Crippen LogP contribution in [0.15, 0.2) is 24.3 Å². The van der Waals surface area contributed by atoms with E-state index < -0.39 is 47.9 Å². The van der Waals surface area contributed by atoms with Gasteiger partial charge in [-0.1, -0.05) is 32.4 Å². The largest absolute Gasteiger partial charge is 0.508 e. The number of hydrogen-bond donors (Lipinski definition) is 7. The predicted octanol–water partition coefficient (Wildman–Crippen LogP) is 0.530. The molecule has 7 N–H and O–H groups in total. The number of hydrogen-bond acceptors (Lipinski definition) is 8. The van der Waals surface area contributed by atoms with Gasteiger partial charge in [0.1, 0.15) is 23.9 Å². The number of benzene rings is 1. The van der Waals surface area contributed by atoms with Gasteiger partial charge in [0.2, 0.25) is 17.7 Å². The third-order valence-corrected chi connectivity index (χ3v) is 6.60. The van der Waals surface area contributed by atoms with Crippen molar-refractivity contribution in [2.24, 2.45) is 11.7 Å². The molecule has 1 aromatic rings. The number of carbonyl (C=O) groups excluding carboxylic acids is 3. The number of amides is 3. The SMILES string of the molecule is CCC(C)C(NC(=O)C(CCSC)NC(=O)C(Cc1ccc(O)cc1)NC(=O)C(N)CS)C(=O)O. The van der Waals surface area contributed by atoms with Gasteiger partial charge < -0.3 is 31.9 Å². The predicted molar refractivity (Wildman–Crippen MR) is 140 cm³/mol. The van der Waals surface area contributed by atoms with E-state index in [0.29, 0.717) is 17.7 Å². The zero-order chi connectivity index (χ0) is 26.5. The Hall–Kier alpha value is -2.44. The lowest BCUT2D eigenvalue weighted by Gasteiger charge is -2.26. The lowest BCUT2D eigenvalue weighted by Crippen LogP contribution is -2.58. The quantitative estimate of drug-likeness (QED) is 0.162. The summed E-state index contributed by atoms with van der Waals surface area (Å²) >= 11 is 5.49. The van der Waals surface area contributed by atoms with E-state index in [1.54, 1.807) is 19.1 Å². The first kappa shape index (κ1) is 30.6. The molecule has 0 radical (unpaired) electrons. The molecule has 10 nitrogen and oxygen atoms in total. The van der Waals surface area contributed by atoms with Crippen molar-refractivity contribution in [3.63, 3.8) is 0 Å². The number of aliphatic carboxylic acids is 1. The first-order valence-corrected chi connectivity index (χ1v) is 13.3. The standard InChI is InChI=1S/C23H36N4O6S2/c1-4-13(2)19(23(32)33)27-21(30)17(9-10-35-3)25-22(31)18(26-20(29)16(24)12-34)11-14-5-7-15(28)8-6-14/h5-8,13,16-19,28,34H,4,9-12,24H2,1-3H3,(H,25,31)(H,26,29)(H,27,30)(H,32,33). The fourth-order valence-corrected chi connectivity index (χ4v) is 3.79. The van der Waals surface area contributed by atoms with Crippen LogP contribution in [-0.4, -0.2) is 75.8 Å². The number of thioether (sulfide) groups is 1. The highest BCUT2D eigenvalue weighted by atomic mass is 32.2. The number of carbonyl (C=O) groups is 4. The van der Waals surface area contributed by atoms with Gasteiger partial charge in [-0.3, -0.25) is 14.4 Å². The highest BCUT2D eigenvalue weighted by Crippen LogP contribution is 2.13. The van der Waals surface area contributed by atoms with Crippen LogP contribution in [-0.2, 0) is 25.6 Å². The molecule has 0 fully saturated rings. The molecule has 35 heavy (non-hydrogen) atoms. The highest BCUT2D eigenvalue weighted by molar-refractivity contribution is 7.98. The summed E-state index contributed by atoms with van der Waals surface area (Å²) < 4.78 is 0. The van der Waals surface area contributed by atoms with Gasteiger partial charge >= 0.3 is 5.97 Å². The summed E-state index contributed by atoms with van der Waals surface area (Å²) in [6, 6.07) is 2.05. The Kier molecular flexibility index (Phi) is 13.6. The summed E-state index contributed by atoms with van der Waals surface area (Å²) in [5.41, 5.74) is 6.40. The molecule has 0 aliphatic heterocycles. The lowest BCUT2D eigenvalue weighted by atomic mass is 9.98. The molecule has 5 atom stereocenters. The van der Waals surface area contributed by atoms with Crippen LogP contribution >= 0.6 is 24.4 Å². The van der Waals surface area contributed by atoms with Crippen LogP contribution in [0.25, 0.3) is 0 Å². The molecular formula is C23H36N4O6S2. The maximum Gasteiger partial charge on any atom is 0.326 e. The molecular weight excluding hydrogens is 492 g/mol. The van der Waals surface area contributed by atoms with Gasteiger partial charge in [-0.05, 0) is 42.0 Å². The summed E-state index contributed by atoms with van der Waals surface area (Å²) in [5, 5.41) is 26.8. The van der Waals surface area contributed by atoms with Crippen LogP contribution in [0.1, 0.15) is 32.3 Å². The Morgan fingerprint density at radius 3 is 2.11 bits per heavy atom. The van der Waals surface area contributed by atoms with E-state index in [9.17, 15) is 29.4 Å². The third-order valence-electron chi connectivity index (χ3n) is 5.56. The van der Waals surface area contributed by atoms with Gasteiger partial charge in [-0.15, -0.1) is 0 Å². The normalized spacial score (nSPS) is 15.2. The molecule has 0 aliphatic carbocycles. The van der Waals surface area contributed by atoms with Gasteiger partial charge in [0.25, 0.3) is 0 Å². The Morgan fingerprint density at radius 2 is 1.60 bits per heavy atom. The number of thiol groups is 1. The van der Waals surface area contributed by atoms with Crippen LogP contribution in [0, 0.1) is 5.92 Å². The molecule has 12 heteroatoms. The molecule has 0 spiro atoms. The molecule has 0 aromatic heterocycles. The Balaban J connectivity index is 3.10. The molecule has 0 saturated carbocycles. The molecule has 1 aromatic carbocycles. The van der Waals surface area contributed by atoms with Crippen molar-refractivity contribution in [3.8, 4) is 5.75 Å². The first-order chi connectivity index (χ1) is 16.5. The van der Waals surface area contributed by atoms with Crippen molar-refractivity contribution in [1.82, 2.24) is 16.0 Å². The van der Waals surface area contributed by atoms with E-state index in [-0.39, 0.29) is 30.3 Å². The minimum absolute atomic E-state index is 0.0546. The number of carboxylic acids is 1. The second-order valence-corrected chi connectivity index (χ2v) is 9.62. The van der Waals surface area contributed by atoms with Crippen LogP contribution in [0.4, 0.5) is 0 Å². The van der Waals surface area contributed by atoms with E-state index in [1.165, 1.54) is 23.9 Å². The average molecular weight is 529 g/mol. The smallest absolute Gasteiger partial charge is 0.326 e. The van der Waals surface area contributed by atoms with E-state index in [4.69, 9.17) is 5.73 Å². The number of rotatable bonds is 15. The molecule has 5 unspecified atom stereocenters. The highest BCUT2D eigenvalue weighted by Gasteiger charge is 2.31. The number of carboxylic acid groups (broad SMARTS) is 1. The van der Waals surface area contributed by atoms with Crippen molar-refractivity contribution in [2.75, 3.05) is 17.8 Å². The van der Waals surface area contributed by atoms with Crippen molar-refractivity contribution in [1.29, 1.82) is 0 Å². The van der Waals surface area contributed by atoms with Crippen molar-refractivity contribution >= 4 is 48.1 Å². The number of aromatic hydroxyl groups is 1. The fourth-order valence-electron chi connectivity index (χ4n) is 3.15. The van der Waals surface area contributed by atoms with E-state index in [0.717, 1.165) is 0 Å². The summed E-state index contributed by atoms with van der Waals surface area (Å²) in [7, 11) is 0. The zero-order valence-electron chi connectivity index (χ0n) is 20.2. The maximum atomic E-state index is 13.2. The molecule has 3 amide bonds. The Bertz CT molecular complexity index is 855. The van der Waals surface area contributed by atoms with Gasteiger partial charge in [0, 0.05) is 12.2 Å². The van der Waals surface area contributed by atoms with Crippen molar-refractivity contribution in [3.05, 3.63) is 29.8 Å². The summed E-state index contributed by atoms with van der Waals surface area (Å²) in [4.78, 5) is 50.2. The Labute approximate surface area is 215 Å². The second-order valence-electron chi connectivity index (χ2n) is 8.27. The van der Waals surface area contributed by atoms with Crippen LogP contribution in [0.2, 0.25) is 0 Å². The first-order valence-electron chi connectivity index (χ1n) is 11.3. The molecule has 1 rings (SSSR count). The van der Waals surface area contributed by atoms with Gasteiger partial charge in [-0.25, -0.2) is 4.79 Å². The number of nitrogens with two attached hydrogens (primary N) is 1. The monoisotopic (exact) mass is 528 g/mol. The van der Waals surface area contributed by atoms with Gasteiger partial charge in [-0.2, -0.15) is 24.4 Å².